The average Bonchev–Trinajstić information content (AvgIpc) is 2.27. The first-order chi connectivity index (χ1) is 6.54. The third-order valence-corrected chi connectivity index (χ3v) is 1.51. The number of hydrogen-bond acceptors (Lipinski definition) is 6. The molecule has 0 bridgehead atoms. The van der Waals surface area contributed by atoms with E-state index >= 15 is 0 Å². The third kappa shape index (κ3) is 6.06. The number of aliphatic hydroxyl groups is 6. The van der Waals surface area contributed by atoms with E-state index in [1.54, 1.807) is 0 Å². The first-order valence-corrected chi connectivity index (χ1v) is 6.02. The van der Waals surface area contributed by atoms with Crippen molar-refractivity contribution in [3.63, 3.8) is 0 Å². The highest BCUT2D eigenvalue weighted by molar-refractivity contribution is 14.1. The van der Waals surface area contributed by atoms with Crippen LogP contribution in [0.4, 0.5) is 0 Å². The van der Waals surface area contributed by atoms with Crippen LogP contribution in [-0.2, 0) is 0 Å². The molecule has 0 saturated heterocycles. The summed E-state index contributed by atoms with van der Waals surface area (Å²) in [5, 5.41) is 52.2. The molecule has 0 heterocycles. The lowest BCUT2D eigenvalue weighted by Gasteiger charge is -2.24. The summed E-state index contributed by atoms with van der Waals surface area (Å²) in [7, 11) is 0. The fourth-order valence-corrected chi connectivity index (χ4v) is 0.671. The smallest absolute Gasteiger partial charge is 0.111 e. The molecule has 0 aliphatic carbocycles. The highest BCUT2D eigenvalue weighted by atomic mass is 127. The van der Waals surface area contributed by atoms with E-state index in [0.717, 1.165) is 0 Å². The van der Waals surface area contributed by atoms with Crippen LogP contribution < -0.4 is 0 Å². The maximum atomic E-state index is 8.96. The Morgan fingerprint density at radius 3 is 1.14 bits per heavy atom. The Morgan fingerprint density at radius 1 is 0.786 bits per heavy atom. The standard InChI is InChI=1S/C6H14O6.CH3I/c7-1-3(9)5(11)6(12)4(10)2-8;1-2/h3-12H,1-2H2;1H3. The maximum Gasteiger partial charge on any atom is 0.111 e. The molecule has 4 atom stereocenters. The van der Waals surface area contributed by atoms with Crippen LogP contribution in [0.1, 0.15) is 0 Å². The van der Waals surface area contributed by atoms with Crippen molar-refractivity contribution >= 4 is 22.6 Å². The second-order valence-corrected chi connectivity index (χ2v) is 2.48. The van der Waals surface area contributed by atoms with Crippen LogP contribution in [0.25, 0.3) is 0 Å². The summed E-state index contributed by atoms with van der Waals surface area (Å²) in [6, 6.07) is 0. The molecule has 0 saturated carbocycles. The van der Waals surface area contributed by atoms with Crippen molar-refractivity contribution in [3.05, 3.63) is 0 Å². The van der Waals surface area contributed by atoms with Gasteiger partial charge in [-0.1, -0.05) is 22.6 Å². The molecule has 4 unspecified atom stereocenters. The number of aliphatic hydroxyl groups excluding tert-OH is 6. The monoisotopic (exact) mass is 324 g/mol. The summed E-state index contributed by atoms with van der Waals surface area (Å²) in [6.45, 7) is -1.45. The lowest BCUT2D eigenvalue weighted by atomic mass is 10.0. The lowest BCUT2D eigenvalue weighted by molar-refractivity contribution is -0.123. The molecule has 0 amide bonds. The average molecular weight is 324 g/mol. The molecule has 6 N–H and O–H groups in total. The van der Waals surface area contributed by atoms with Gasteiger partial charge in [-0.05, 0) is 4.93 Å². The molecular formula is C7H17IO6. The van der Waals surface area contributed by atoms with E-state index in [-0.39, 0.29) is 0 Å². The maximum absolute atomic E-state index is 8.96. The van der Waals surface area contributed by atoms with Crippen LogP contribution in [-0.4, -0.2) is 73.2 Å². The molecule has 0 aromatic rings. The number of alkyl halides is 1. The lowest BCUT2D eigenvalue weighted by Crippen LogP contribution is -2.46. The van der Waals surface area contributed by atoms with E-state index in [2.05, 4.69) is 22.6 Å². The van der Waals surface area contributed by atoms with Gasteiger partial charge in [0.2, 0.25) is 0 Å². The zero-order chi connectivity index (χ0) is 11.7. The van der Waals surface area contributed by atoms with Crippen LogP contribution in [0.2, 0.25) is 0 Å². The summed E-state index contributed by atoms with van der Waals surface area (Å²) in [5.41, 5.74) is 0. The quantitative estimate of drug-likeness (QED) is 0.245. The molecule has 6 nitrogen and oxygen atoms in total. The normalized spacial score (nSPS) is 18.9. The van der Waals surface area contributed by atoms with Gasteiger partial charge in [-0.2, -0.15) is 0 Å². The number of hydrogen-bond donors (Lipinski definition) is 6. The highest BCUT2D eigenvalue weighted by Gasteiger charge is 2.29. The zero-order valence-corrected chi connectivity index (χ0v) is 9.94. The fraction of sp³-hybridized carbons (Fsp3) is 1.00. The van der Waals surface area contributed by atoms with Crippen molar-refractivity contribution in [2.24, 2.45) is 0 Å². The third-order valence-electron chi connectivity index (χ3n) is 1.51. The largest absolute Gasteiger partial charge is 0.394 e. The van der Waals surface area contributed by atoms with Gasteiger partial charge in [0.05, 0.1) is 13.2 Å². The van der Waals surface area contributed by atoms with Crippen molar-refractivity contribution < 1.29 is 30.6 Å². The summed E-state index contributed by atoms with van der Waals surface area (Å²) < 4.78 is 0. The molecule has 0 aliphatic heterocycles. The molecular weight excluding hydrogens is 307 g/mol. The predicted molar refractivity (Wildman–Crippen MR) is 58.1 cm³/mol. The van der Waals surface area contributed by atoms with Crippen LogP contribution in [0.15, 0.2) is 0 Å². The van der Waals surface area contributed by atoms with E-state index in [4.69, 9.17) is 30.6 Å². The van der Waals surface area contributed by atoms with E-state index in [1.165, 1.54) is 0 Å². The summed E-state index contributed by atoms with van der Waals surface area (Å²) >= 11 is 2.15. The summed E-state index contributed by atoms with van der Waals surface area (Å²) in [4.78, 5) is 1.97. The van der Waals surface area contributed by atoms with E-state index in [0.29, 0.717) is 0 Å². The molecule has 0 radical (unpaired) electrons. The second kappa shape index (κ2) is 10.0. The second-order valence-electron chi connectivity index (χ2n) is 2.48. The molecule has 0 aromatic carbocycles. The Hall–Kier alpha value is 0.490. The SMILES string of the molecule is CI.OCC(O)C(O)C(O)C(O)CO. The Morgan fingerprint density at radius 2 is 1.00 bits per heavy atom. The molecule has 0 aromatic heterocycles. The van der Waals surface area contributed by atoms with Gasteiger partial charge < -0.3 is 30.6 Å². The van der Waals surface area contributed by atoms with Crippen molar-refractivity contribution in [3.8, 4) is 0 Å². The van der Waals surface area contributed by atoms with Gasteiger partial charge in [0.1, 0.15) is 24.4 Å². The molecule has 0 fully saturated rings. The minimum atomic E-state index is -1.67. The minimum Gasteiger partial charge on any atom is -0.394 e. The van der Waals surface area contributed by atoms with Crippen molar-refractivity contribution in [1.82, 2.24) is 0 Å². The molecule has 0 spiro atoms. The van der Waals surface area contributed by atoms with Crippen LogP contribution >= 0.6 is 22.6 Å². The van der Waals surface area contributed by atoms with Gasteiger partial charge in [0.25, 0.3) is 0 Å². The van der Waals surface area contributed by atoms with Crippen molar-refractivity contribution in [1.29, 1.82) is 0 Å². The topological polar surface area (TPSA) is 121 Å². The number of rotatable bonds is 5. The minimum absolute atomic E-state index is 0.726. The van der Waals surface area contributed by atoms with Crippen molar-refractivity contribution in [2.45, 2.75) is 24.4 Å². The van der Waals surface area contributed by atoms with Gasteiger partial charge in [-0.3, -0.25) is 0 Å². The van der Waals surface area contributed by atoms with Crippen LogP contribution in [0.3, 0.4) is 0 Å². The Bertz CT molecular complexity index is 111. The highest BCUT2D eigenvalue weighted by Crippen LogP contribution is 2.03. The fourth-order valence-electron chi connectivity index (χ4n) is 0.671. The van der Waals surface area contributed by atoms with E-state index < -0.39 is 37.6 Å². The van der Waals surface area contributed by atoms with Crippen LogP contribution in [0, 0.1) is 0 Å². The zero-order valence-electron chi connectivity index (χ0n) is 7.78. The van der Waals surface area contributed by atoms with Crippen molar-refractivity contribution in [2.75, 3.05) is 18.1 Å². The van der Waals surface area contributed by atoms with E-state index in [1.807, 2.05) is 4.93 Å². The Balaban J connectivity index is 0. The van der Waals surface area contributed by atoms with E-state index in [9.17, 15) is 0 Å². The molecule has 0 aliphatic rings. The number of halogens is 1. The molecule has 88 valence electrons. The van der Waals surface area contributed by atoms with Gasteiger partial charge >= 0.3 is 0 Å². The molecule has 7 heteroatoms. The first kappa shape index (κ1) is 16.9. The first-order valence-electron chi connectivity index (χ1n) is 3.86. The molecule has 0 rings (SSSR count). The van der Waals surface area contributed by atoms with Gasteiger partial charge in [-0.15, -0.1) is 0 Å². The summed E-state index contributed by atoms with van der Waals surface area (Å²) in [6.07, 6.45) is -6.39. The predicted octanol–water partition coefficient (Wildman–Crippen LogP) is -2.53. The van der Waals surface area contributed by atoms with Gasteiger partial charge in [0, 0.05) is 0 Å². The Labute approximate surface area is 96.0 Å². The van der Waals surface area contributed by atoms with Crippen LogP contribution in [0.5, 0.6) is 0 Å². The van der Waals surface area contributed by atoms with Gasteiger partial charge in [0.15, 0.2) is 0 Å². The molecule has 14 heavy (non-hydrogen) atoms. The summed E-state index contributed by atoms with van der Waals surface area (Å²) in [5.74, 6) is 0. The van der Waals surface area contributed by atoms with Gasteiger partial charge in [-0.25, -0.2) is 0 Å². The Kier molecular flexibility index (Phi) is 12.1.